The Kier molecular flexibility index (Phi) is 3.47. The molecule has 15 heavy (non-hydrogen) atoms. The largest absolute Gasteiger partial charge is 0.432 e. The minimum atomic E-state index is -0.330. The molecule has 1 heterocycles. The fourth-order valence-corrected chi connectivity index (χ4v) is 1.03. The highest BCUT2D eigenvalue weighted by Crippen LogP contribution is 2.10. The number of nitrogens with two attached hydrogens (primary N) is 1. The maximum atomic E-state index is 11.4. The normalized spacial score (nSPS) is 11.5. The molecule has 0 unspecified atom stereocenters. The molecule has 0 aliphatic heterocycles. The smallest absolute Gasteiger partial charge is 0.301 e. The molecule has 1 aromatic heterocycles. The van der Waals surface area contributed by atoms with E-state index in [0.717, 1.165) is 5.69 Å². The zero-order valence-corrected chi connectivity index (χ0v) is 9.33. The molecule has 5 heteroatoms. The summed E-state index contributed by atoms with van der Waals surface area (Å²) in [6, 6.07) is 0.243. The van der Waals surface area contributed by atoms with Crippen LogP contribution >= 0.6 is 0 Å². The Morgan fingerprint density at radius 1 is 1.67 bits per heavy atom. The van der Waals surface area contributed by atoms with Crippen LogP contribution in [0.25, 0.3) is 0 Å². The number of nitrogens with zero attached hydrogens (tertiary/aromatic N) is 1. The maximum absolute atomic E-state index is 11.4. The molecule has 0 fully saturated rings. The second kappa shape index (κ2) is 4.44. The highest BCUT2D eigenvalue weighted by molar-refractivity contribution is 5.88. The van der Waals surface area contributed by atoms with Crippen molar-refractivity contribution in [2.24, 2.45) is 5.73 Å². The van der Waals surface area contributed by atoms with Gasteiger partial charge in [-0.05, 0) is 27.2 Å². The molecule has 0 aromatic carbocycles. The topological polar surface area (TPSA) is 81.2 Å². The van der Waals surface area contributed by atoms with Crippen LogP contribution in [0.2, 0.25) is 0 Å². The third kappa shape index (κ3) is 4.60. The van der Waals surface area contributed by atoms with Crippen molar-refractivity contribution in [1.82, 2.24) is 4.98 Å². The molecular formula is C10H17N3O2. The van der Waals surface area contributed by atoms with Gasteiger partial charge in [-0.25, -0.2) is 0 Å². The molecule has 1 rings (SSSR count). The van der Waals surface area contributed by atoms with E-state index in [1.165, 1.54) is 6.26 Å². The van der Waals surface area contributed by atoms with Crippen LogP contribution in [-0.4, -0.2) is 16.4 Å². The van der Waals surface area contributed by atoms with Crippen molar-refractivity contribution >= 4 is 11.9 Å². The Morgan fingerprint density at radius 3 is 2.80 bits per heavy atom. The molecule has 0 saturated heterocycles. The number of carbonyl (C=O) groups is 1. The van der Waals surface area contributed by atoms with Crippen LogP contribution in [0, 0.1) is 6.92 Å². The number of anilines is 1. The SMILES string of the molecule is Cc1coc(NC(=O)CCC(C)(C)N)n1. The van der Waals surface area contributed by atoms with Crippen LogP contribution in [0.3, 0.4) is 0 Å². The molecule has 0 aliphatic carbocycles. The summed E-state index contributed by atoms with van der Waals surface area (Å²) >= 11 is 0. The van der Waals surface area contributed by atoms with Gasteiger partial charge < -0.3 is 10.2 Å². The second-order valence-corrected chi connectivity index (χ2v) is 4.33. The average molecular weight is 211 g/mol. The molecule has 1 amide bonds. The van der Waals surface area contributed by atoms with E-state index in [2.05, 4.69) is 10.3 Å². The van der Waals surface area contributed by atoms with Crippen LogP contribution in [0.1, 0.15) is 32.4 Å². The number of aromatic nitrogens is 1. The fourth-order valence-electron chi connectivity index (χ4n) is 1.03. The lowest BCUT2D eigenvalue weighted by molar-refractivity contribution is -0.116. The van der Waals surface area contributed by atoms with Gasteiger partial charge in [0.05, 0.1) is 5.69 Å². The zero-order valence-electron chi connectivity index (χ0n) is 9.33. The van der Waals surface area contributed by atoms with Gasteiger partial charge in [0.15, 0.2) is 0 Å². The predicted molar refractivity (Wildman–Crippen MR) is 57.4 cm³/mol. The minimum Gasteiger partial charge on any atom is -0.432 e. The number of hydrogen-bond acceptors (Lipinski definition) is 4. The van der Waals surface area contributed by atoms with Crippen molar-refractivity contribution in [2.45, 2.75) is 39.2 Å². The predicted octanol–water partition coefficient (Wildman–Crippen LogP) is 1.44. The lowest BCUT2D eigenvalue weighted by Crippen LogP contribution is -2.33. The quantitative estimate of drug-likeness (QED) is 0.789. The Labute approximate surface area is 89.1 Å². The number of carbonyl (C=O) groups excluding carboxylic acids is 1. The molecule has 0 bridgehead atoms. The van der Waals surface area contributed by atoms with Crippen molar-refractivity contribution in [2.75, 3.05) is 5.32 Å². The van der Waals surface area contributed by atoms with Gasteiger partial charge in [-0.1, -0.05) is 0 Å². The van der Waals surface area contributed by atoms with Crippen molar-refractivity contribution in [1.29, 1.82) is 0 Å². The molecule has 1 aromatic rings. The minimum absolute atomic E-state index is 0.129. The second-order valence-electron chi connectivity index (χ2n) is 4.33. The summed E-state index contributed by atoms with van der Waals surface area (Å²) in [5.74, 6) is -0.129. The van der Waals surface area contributed by atoms with E-state index in [1.54, 1.807) is 6.92 Å². The summed E-state index contributed by atoms with van der Waals surface area (Å²) in [6.07, 6.45) is 2.48. The van der Waals surface area contributed by atoms with Crippen LogP contribution in [0.5, 0.6) is 0 Å². The number of oxazole rings is 1. The van der Waals surface area contributed by atoms with Crippen molar-refractivity contribution < 1.29 is 9.21 Å². The zero-order chi connectivity index (χ0) is 11.5. The molecule has 0 atom stereocenters. The first kappa shape index (κ1) is 11.7. The van der Waals surface area contributed by atoms with E-state index >= 15 is 0 Å². The summed E-state index contributed by atoms with van der Waals surface area (Å²) in [4.78, 5) is 15.4. The highest BCUT2D eigenvalue weighted by atomic mass is 16.4. The molecule has 0 aliphatic rings. The summed E-state index contributed by atoms with van der Waals surface area (Å²) in [5, 5.41) is 2.56. The molecule has 5 nitrogen and oxygen atoms in total. The van der Waals surface area contributed by atoms with Crippen LogP contribution in [0.4, 0.5) is 6.01 Å². The van der Waals surface area contributed by atoms with Crippen LogP contribution < -0.4 is 11.1 Å². The van der Waals surface area contributed by atoms with Crippen LogP contribution in [-0.2, 0) is 4.79 Å². The van der Waals surface area contributed by atoms with Gasteiger partial charge in [0.25, 0.3) is 0 Å². The van der Waals surface area contributed by atoms with E-state index in [0.29, 0.717) is 12.8 Å². The van der Waals surface area contributed by atoms with Gasteiger partial charge >= 0.3 is 6.01 Å². The summed E-state index contributed by atoms with van der Waals surface area (Å²) in [6.45, 7) is 5.56. The Balaban J connectivity index is 2.37. The van der Waals surface area contributed by atoms with E-state index in [4.69, 9.17) is 10.2 Å². The lowest BCUT2D eigenvalue weighted by Gasteiger charge is -2.16. The first-order valence-corrected chi connectivity index (χ1v) is 4.88. The van der Waals surface area contributed by atoms with Gasteiger partial charge in [0.2, 0.25) is 5.91 Å². The Hall–Kier alpha value is -1.36. The van der Waals surface area contributed by atoms with Gasteiger partial charge in [-0.3, -0.25) is 10.1 Å². The number of aryl methyl sites for hydroxylation is 1. The van der Waals surface area contributed by atoms with Crippen molar-refractivity contribution in [3.63, 3.8) is 0 Å². The maximum Gasteiger partial charge on any atom is 0.301 e. The summed E-state index contributed by atoms with van der Waals surface area (Å²) in [7, 11) is 0. The van der Waals surface area contributed by atoms with E-state index in [1.807, 2.05) is 13.8 Å². The molecule has 84 valence electrons. The van der Waals surface area contributed by atoms with Gasteiger partial charge in [0, 0.05) is 12.0 Å². The van der Waals surface area contributed by atoms with Crippen molar-refractivity contribution in [3.8, 4) is 0 Å². The molecule has 0 radical (unpaired) electrons. The van der Waals surface area contributed by atoms with Crippen molar-refractivity contribution in [3.05, 3.63) is 12.0 Å². The van der Waals surface area contributed by atoms with E-state index in [9.17, 15) is 4.79 Å². The number of amides is 1. The van der Waals surface area contributed by atoms with Gasteiger partial charge in [0.1, 0.15) is 6.26 Å². The first-order valence-electron chi connectivity index (χ1n) is 4.88. The molecule has 3 N–H and O–H groups in total. The Bertz CT molecular complexity index is 339. The van der Waals surface area contributed by atoms with E-state index < -0.39 is 0 Å². The highest BCUT2D eigenvalue weighted by Gasteiger charge is 2.14. The monoisotopic (exact) mass is 211 g/mol. The first-order chi connectivity index (χ1) is 6.87. The number of nitrogens with one attached hydrogen (secondary N) is 1. The third-order valence-corrected chi connectivity index (χ3v) is 1.86. The average Bonchev–Trinajstić information content (AvgIpc) is 2.47. The van der Waals surface area contributed by atoms with Gasteiger partial charge in [-0.2, -0.15) is 4.98 Å². The molecule has 0 saturated carbocycles. The Morgan fingerprint density at radius 2 is 2.33 bits per heavy atom. The van der Waals surface area contributed by atoms with Gasteiger partial charge in [-0.15, -0.1) is 0 Å². The van der Waals surface area contributed by atoms with Crippen LogP contribution in [0.15, 0.2) is 10.7 Å². The summed E-state index contributed by atoms with van der Waals surface area (Å²) in [5.41, 5.74) is 6.17. The fraction of sp³-hybridized carbons (Fsp3) is 0.600. The summed E-state index contributed by atoms with van der Waals surface area (Å²) < 4.78 is 4.99. The third-order valence-electron chi connectivity index (χ3n) is 1.86. The standard InChI is InChI=1S/C10H17N3O2/c1-7-6-15-9(12-7)13-8(14)4-5-10(2,3)11/h6H,4-5,11H2,1-3H3,(H,12,13,14). The number of hydrogen-bond donors (Lipinski definition) is 2. The van der Waals surface area contributed by atoms with E-state index in [-0.39, 0.29) is 17.5 Å². The lowest BCUT2D eigenvalue weighted by atomic mass is 10.00. The number of rotatable bonds is 4. The molecule has 0 spiro atoms. The molecular weight excluding hydrogens is 194 g/mol.